The van der Waals surface area contributed by atoms with E-state index >= 15 is 0 Å². The Bertz CT molecular complexity index is 688. The summed E-state index contributed by atoms with van der Waals surface area (Å²) < 4.78 is 10.6. The van der Waals surface area contributed by atoms with E-state index in [-0.39, 0.29) is 0 Å². The van der Waals surface area contributed by atoms with Crippen molar-refractivity contribution < 1.29 is 14.3 Å². The minimum absolute atomic E-state index is 0.491. The van der Waals surface area contributed by atoms with Gasteiger partial charge in [0.25, 0.3) is 0 Å². The highest BCUT2D eigenvalue weighted by molar-refractivity contribution is 6.31. The van der Waals surface area contributed by atoms with E-state index in [2.05, 4.69) is 10.2 Å². The van der Waals surface area contributed by atoms with Crippen molar-refractivity contribution >= 4 is 23.4 Å². The van der Waals surface area contributed by atoms with Crippen LogP contribution in [0.2, 0.25) is 5.02 Å². The van der Waals surface area contributed by atoms with E-state index in [0.29, 0.717) is 16.5 Å². The predicted octanol–water partition coefficient (Wildman–Crippen LogP) is 3.78. The van der Waals surface area contributed by atoms with Gasteiger partial charge in [-0.2, -0.15) is 0 Å². The highest BCUT2D eigenvalue weighted by atomic mass is 35.5. The molecular weight excluding hydrogens is 328 g/mol. The first-order chi connectivity index (χ1) is 11.7. The Morgan fingerprint density at radius 3 is 2.67 bits per heavy atom. The number of carbonyl (C=O) groups is 1. The summed E-state index contributed by atoms with van der Waals surface area (Å²) in [6.45, 7) is 4.05. The van der Waals surface area contributed by atoms with Crippen LogP contribution in [0.1, 0.15) is 5.56 Å². The number of para-hydroxylation sites is 1. The molecule has 6 heteroatoms. The standard InChI is InChI=1S/C18H19ClN2O3/c19-15-10-14(13-21-6-8-23-9-7-21)11-16(12-15)20-18(22)24-17-4-2-1-3-5-17/h1-5,10-12H,6-9,13H2,(H,20,22). The maximum absolute atomic E-state index is 12.0. The molecule has 0 aromatic heterocycles. The van der Waals surface area contributed by atoms with Crippen LogP contribution in [0.25, 0.3) is 0 Å². The van der Waals surface area contributed by atoms with Crippen LogP contribution < -0.4 is 10.1 Å². The van der Waals surface area contributed by atoms with Gasteiger partial charge in [0.15, 0.2) is 0 Å². The maximum atomic E-state index is 12.0. The number of ether oxygens (including phenoxy) is 2. The average molecular weight is 347 g/mol. The van der Waals surface area contributed by atoms with Crippen LogP contribution in [-0.4, -0.2) is 37.3 Å². The van der Waals surface area contributed by atoms with Crippen LogP contribution in [0.3, 0.4) is 0 Å². The van der Waals surface area contributed by atoms with Gasteiger partial charge in [0.05, 0.1) is 13.2 Å². The average Bonchev–Trinajstić information content (AvgIpc) is 2.56. The first-order valence-electron chi connectivity index (χ1n) is 7.82. The molecule has 1 fully saturated rings. The van der Waals surface area contributed by atoms with Crippen LogP contribution in [0.4, 0.5) is 10.5 Å². The lowest BCUT2D eigenvalue weighted by molar-refractivity contribution is 0.0342. The van der Waals surface area contributed by atoms with Gasteiger partial charge in [0, 0.05) is 30.3 Å². The largest absolute Gasteiger partial charge is 0.417 e. The topological polar surface area (TPSA) is 50.8 Å². The molecule has 0 saturated carbocycles. The van der Waals surface area contributed by atoms with Gasteiger partial charge in [0.1, 0.15) is 5.75 Å². The van der Waals surface area contributed by atoms with E-state index in [1.54, 1.807) is 18.2 Å². The highest BCUT2D eigenvalue weighted by Crippen LogP contribution is 2.21. The van der Waals surface area contributed by atoms with Crippen molar-refractivity contribution in [3.63, 3.8) is 0 Å². The summed E-state index contributed by atoms with van der Waals surface area (Å²) in [7, 11) is 0. The van der Waals surface area contributed by atoms with E-state index in [4.69, 9.17) is 21.1 Å². The molecule has 0 bridgehead atoms. The second kappa shape index (κ2) is 8.15. The fourth-order valence-corrected chi connectivity index (χ4v) is 2.83. The Labute approximate surface area is 146 Å². The number of rotatable bonds is 4. The second-order valence-corrected chi connectivity index (χ2v) is 6.00. The van der Waals surface area contributed by atoms with Gasteiger partial charge in [-0.3, -0.25) is 10.2 Å². The molecule has 0 aliphatic carbocycles. The van der Waals surface area contributed by atoms with Crippen molar-refractivity contribution in [3.05, 3.63) is 59.1 Å². The Morgan fingerprint density at radius 1 is 1.17 bits per heavy atom. The number of amides is 1. The van der Waals surface area contributed by atoms with Gasteiger partial charge < -0.3 is 9.47 Å². The molecule has 24 heavy (non-hydrogen) atoms. The summed E-state index contributed by atoms with van der Waals surface area (Å²) in [5.74, 6) is 0.491. The molecule has 1 aliphatic rings. The van der Waals surface area contributed by atoms with Crippen molar-refractivity contribution in [2.45, 2.75) is 6.54 Å². The lowest BCUT2D eigenvalue weighted by atomic mass is 10.2. The van der Waals surface area contributed by atoms with E-state index < -0.39 is 6.09 Å². The summed E-state index contributed by atoms with van der Waals surface area (Å²) in [5, 5.41) is 3.30. The van der Waals surface area contributed by atoms with Crippen molar-refractivity contribution in [1.29, 1.82) is 0 Å². The molecule has 0 atom stereocenters. The Morgan fingerprint density at radius 2 is 1.92 bits per heavy atom. The lowest BCUT2D eigenvalue weighted by Crippen LogP contribution is -2.35. The molecule has 1 amide bonds. The number of anilines is 1. The predicted molar refractivity (Wildman–Crippen MR) is 93.6 cm³/mol. The first-order valence-corrected chi connectivity index (χ1v) is 8.20. The monoisotopic (exact) mass is 346 g/mol. The van der Waals surface area contributed by atoms with E-state index in [9.17, 15) is 4.79 Å². The van der Waals surface area contributed by atoms with Crippen molar-refractivity contribution in [1.82, 2.24) is 4.90 Å². The number of carbonyl (C=O) groups excluding carboxylic acids is 1. The molecular formula is C18H19ClN2O3. The third kappa shape index (κ3) is 4.96. The Balaban J connectivity index is 1.63. The summed E-state index contributed by atoms with van der Waals surface area (Å²) >= 11 is 6.18. The SMILES string of the molecule is O=C(Nc1cc(Cl)cc(CN2CCOCC2)c1)Oc1ccccc1. The van der Waals surface area contributed by atoms with E-state index in [1.165, 1.54) is 0 Å². The van der Waals surface area contributed by atoms with E-state index in [1.807, 2.05) is 30.3 Å². The molecule has 5 nitrogen and oxygen atoms in total. The van der Waals surface area contributed by atoms with Crippen LogP contribution in [0.5, 0.6) is 5.75 Å². The molecule has 126 valence electrons. The van der Waals surface area contributed by atoms with Crippen LogP contribution in [-0.2, 0) is 11.3 Å². The van der Waals surface area contributed by atoms with Gasteiger partial charge in [-0.15, -0.1) is 0 Å². The molecule has 0 unspecified atom stereocenters. The number of hydrogen-bond donors (Lipinski definition) is 1. The smallest absolute Gasteiger partial charge is 0.410 e. The molecule has 3 rings (SSSR count). The van der Waals surface area contributed by atoms with Gasteiger partial charge in [0.2, 0.25) is 0 Å². The minimum Gasteiger partial charge on any atom is -0.410 e. The van der Waals surface area contributed by atoms with Crippen LogP contribution in [0, 0.1) is 0 Å². The lowest BCUT2D eigenvalue weighted by Gasteiger charge is -2.26. The third-order valence-corrected chi connectivity index (χ3v) is 3.89. The highest BCUT2D eigenvalue weighted by Gasteiger charge is 2.12. The zero-order valence-electron chi connectivity index (χ0n) is 13.2. The van der Waals surface area contributed by atoms with Crippen LogP contribution in [0.15, 0.2) is 48.5 Å². The normalized spacial score (nSPS) is 15.0. The summed E-state index contributed by atoms with van der Waals surface area (Å²) in [6.07, 6.45) is -0.541. The third-order valence-electron chi connectivity index (χ3n) is 3.67. The molecule has 1 saturated heterocycles. The number of nitrogens with one attached hydrogen (secondary N) is 1. The Hall–Kier alpha value is -2.08. The maximum Gasteiger partial charge on any atom is 0.417 e. The molecule has 2 aromatic carbocycles. The van der Waals surface area contributed by atoms with E-state index in [0.717, 1.165) is 38.4 Å². The molecule has 0 radical (unpaired) electrons. The zero-order chi connectivity index (χ0) is 16.8. The summed E-state index contributed by atoms with van der Waals surface area (Å²) in [4.78, 5) is 14.3. The zero-order valence-corrected chi connectivity index (χ0v) is 14.0. The molecule has 2 aromatic rings. The number of hydrogen-bond acceptors (Lipinski definition) is 4. The van der Waals surface area contributed by atoms with Crippen molar-refractivity contribution in [2.75, 3.05) is 31.6 Å². The molecule has 1 heterocycles. The second-order valence-electron chi connectivity index (χ2n) is 5.56. The first kappa shape index (κ1) is 16.8. The number of halogens is 1. The summed E-state index contributed by atoms with van der Waals surface area (Å²) in [6, 6.07) is 14.4. The fourth-order valence-electron chi connectivity index (χ4n) is 2.57. The number of benzene rings is 2. The fraction of sp³-hybridized carbons (Fsp3) is 0.278. The summed E-state index contributed by atoms with van der Waals surface area (Å²) in [5.41, 5.74) is 1.66. The molecule has 1 aliphatic heterocycles. The van der Waals surface area contributed by atoms with Gasteiger partial charge in [-0.25, -0.2) is 4.79 Å². The van der Waals surface area contributed by atoms with Crippen molar-refractivity contribution in [3.8, 4) is 5.75 Å². The number of morpholine rings is 1. The molecule has 1 N–H and O–H groups in total. The van der Waals surface area contributed by atoms with Crippen molar-refractivity contribution in [2.24, 2.45) is 0 Å². The van der Waals surface area contributed by atoms with Gasteiger partial charge in [-0.1, -0.05) is 29.8 Å². The Kier molecular flexibility index (Phi) is 5.69. The number of nitrogens with zero attached hydrogens (tertiary/aromatic N) is 1. The quantitative estimate of drug-likeness (QED) is 0.915. The molecule has 0 spiro atoms. The van der Waals surface area contributed by atoms with Gasteiger partial charge >= 0.3 is 6.09 Å². The van der Waals surface area contributed by atoms with Gasteiger partial charge in [-0.05, 0) is 35.9 Å². The minimum atomic E-state index is -0.541. The van der Waals surface area contributed by atoms with Crippen LogP contribution >= 0.6 is 11.6 Å².